The zero-order chi connectivity index (χ0) is 13.9. The first-order chi connectivity index (χ1) is 9.09. The molecule has 0 heterocycles. The van der Waals surface area contributed by atoms with Crippen LogP contribution in [-0.2, 0) is 4.79 Å². The molecule has 19 heavy (non-hydrogen) atoms. The van der Waals surface area contributed by atoms with Gasteiger partial charge < -0.3 is 4.90 Å². The Kier molecular flexibility index (Phi) is 3.66. The lowest BCUT2D eigenvalue weighted by atomic mass is 9.76. The Hall–Kier alpha value is -2.15. The summed E-state index contributed by atoms with van der Waals surface area (Å²) in [4.78, 5) is 13.4. The lowest BCUT2D eigenvalue weighted by Gasteiger charge is -2.42. The minimum Gasteiger partial charge on any atom is -0.323 e. The molecule has 1 aromatic carbocycles. The molecule has 0 spiro atoms. The first-order valence-electron chi connectivity index (χ1n) is 6.21. The third kappa shape index (κ3) is 2.50. The van der Waals surface area contributed by atoms with Crippen LogP contribution in [0.2, 0.25) is 0 Å². The molecule has 0 saturated heterocycles. The van der Waals surface area contributed by atoms with E-state index >= 15 is 0 Å². The molecule has 2 rings (SSSR count). The van der Waals surface area contributed by atoms with E-state index in [0.29, 0.717) is 18.4 Å². The van der Waals surface area contributed by atoms with Crippen molar-refractivity contribution < 1.29 is 9.18 Å². The summed E-state index contributed by atoms with van der Waals surface area (Å²) < 4.78 is 13.4. The molecule has 1 aromatic rings. The number of benzene rings is 1. The van der Waals surface area contributed by atoms with Gasteiger partial charge in [0, 0.05) is 18.7 Å². The van der Waals surface area contributed by atoms with E-state index in [9.17, 15) is 9.18 Å². The van der Waals surface area contributed by atoms with Gasteiger partial charge in [-0.05, 0) is 31.4 Å². The van der Waals surface area contributed by atoms with Gasteiger partial charge in [0.15, 0.2) is 0 Å². The Morgan fingerprint density at radius 2 is 2.16 bits per heavy atom. The Balaban J connectivity index is 2.10. The number of carbonyl (C=O) groups excluding carboxylic acids is 1. The van der Waals surface area contributed by atoms with Gasteiger partial charge in [-0.25, -0.2) is 4.39 Å². The molecule has 0 radical (unpaired) electrons. The summed E-state index contributed by atoms with van der Waals surface area (Å²) in [6.45, 7) is 0. The van der Waals surface area contributed by atoms with Gasteiger partial charge in [-0.15, -0.1) is 0 Å². The minimum absolute atomic E-state index is 0.274. The highest BCUT2D eigenvalue weighted by Gasteiger charge is 2.42. The maximum Gasteiger partial charge on any atom is 0.247 e. The van der Waals surface area contributed by atoms with Crippen molar-refractivity contribution in [2.24, 2.45) is 0 Å². The summed E-state index contributed by atoms with van der Waals surface area (Å²) in [6, 6.07) is 8.45. The molecule has 4 heteroatoms. The fraction of sp³-hybridized carbons (Fsp3) is 0.333. The van der Waals surface area contributed by atoms with Gasteiger partial charge in [0.2, 0.25) is 5.91 Å². The molecule has 0 aliphatic heterocycles. The van der Waals surface area contributed by atoms with Gasteiger partial charge in [-0.3, -0.25) is 4.79 Å². The number of amides is 1. The summed E-state index contributed by atoms with van der Waals surface area (Å²) in [5.41, 5.74) is -0.305. The number of likely N-dealkylation sites (N-methyl/N-ethyl adjacent to an activating group) is 1. The minimum atomic E-state index is -0.670. The molecule has 0 unspecified atom stereocenters. The van der Waals surface area contributed by atoms with E-state index in [0.717, 1.165) is 6.42 Å². The Morgan fingerprint density at radius 3 is 2.68 bits per heavy atom. The predicted molar refractivity (Wildman–Crippen MR) is 70.4 cm³/mol. The molecule has 98 valence electrons. The molecular weight excluding hydrogens is 243 g/mol. The molecule has 1 fully saturated rings. The topological polar surface area (TPSA) is 44.1 Å². The lowest BCUT2D eigenvalue weighted by molar-refractivity contribution is -0.130. The van der Waals surface area contributed by atoms with Crippen LogP contribution in [0, 0.1) is 17.1 Å². The van der Waals surface area contributed by atoms with Crippen LogP contribution in [0.4, 0.5) is 4.39 Å². The van der Waals surface area contributed by atoms with Crippen LogP contribution in [0.1, 0.15) is 24.8 Å². The summed E-state index contributed by atoms with van der Waals surface area (Å²) in [5, 5.41) is 9.16. The zero-order valence-electron chi connectivity index (χ0n) is 10.8. The van der Waals surface area contributed by atoms with Crippen LogP contribution in [0.5, 0.6) is 0 Å². The van der Waals surface area contributed by atoms with E-state index < -0.39 is 5.54 Å². The van der Waals surface area contributed by atoms with Crippen molar-refractivity contribution in [2.75, 3.05) is 7.05 Å². The average Bonchev–Trinajstić information content (AvgIpc) is 2.36. The molecule has 0 bridgehead atoms. The van der Waals surface area contributed by atoms with Gasteiger partial charge in [-0.1, -0.05) is 18.2 Å². The highest BCUT2D eigenvalue weighted by Crippen LogP contribution is 2.36. The first kappa shape index (κ1) is 13.3. The van der Waals surface area contributed by atoms with Crippen molar-refractivity contribution in [1.82, 2.24) is 4.90 Å². The number of nitrogens with zero attached hydrogens (tertiary/aromatic N) is 2. The molecule has 0 aromatic heterocycles. The van der Waals surface area contributed by atoms with Gasteiger partial charge in [0.05, 0.1) is 6.07 Å². The third-order valence-electron chi connectivity index (χ3n) is 3.67. The Bertz CT molecular complexity index is 556. The van der Waals surface area contributed by atoms with E-state index in [-0.39, 0.29) is 11.7 Å². The summed E-state index contributed by atoms with van der Waals surface area (Å²) in [5.74, 6) is -0.641. The second-order valence-corrected chi connectivity index (χ2v) is 4.75. The predicted octanol–water partition coefficient (Wildman–Crippen LogP) is 2.74. The molecule has 1 aliphatic rings. The van der Waals surface area contributed by atoms with E-state index in [1.807, 2.05) is 0 Å². The Morgan fingerprint density at radius 1 is 1.47 bits per heavy atom. The van der Waals surface area contributed by atoms with Crippen molar-refractivity contribution in [1.29, 1.82) is 5.26 Å². The molecule has 0 atom stereocenters. The number of rotatable bonds is 3. The van der Waals surface area contributed by atoms with Crippen LogP contribution in [0.25, 0.3) is 6.08 Å². The SMILES string of the molecule is CN(C(=O)C=Cc1ccccc1F)C1(C#N)CCC1. The van der Waals surface area contributed by atoms with Crippen molar-refractivity contribution in [3.63, 3.8) is 0 Å². The van der Waals surface area contributed by atoms with Crippen molar-refractivity contribution in [2.45, 2.75) is 24.8 Å². The summed E-state index contributed by atoms with van der Waals surface area (Å²) in [7, 11) is 1.62. The normalized spacial score (nSPS) is 16.7. The molecule has 1 amide bonds. The fourth-order valence-electron chi connectivity index (χ4n) is 2.13. The van der Waals surface area contributed by atoms with Crippen LogP contribution < -0.4 is 0 Å². The first-order valence-corrected chi connectivity index (χ1v) is 6.21. The van der Waals surface area contributed by atoms with E-state index in [1.54, 1.807) is 25.2 Å². The maximum absolute atomic E-state index is 13.4. The molecule has 0 N–H and O–H groups in total. The third-order valence-corrected chi connectivity index (χ3v) is 3.67. The highest BCUT2D eigenvalue weighted by molar-refractivity contribution is 5.92. The van der Waals surface area contributed by atoms with Gasteiger partial charge in [-0.2, -0.15) is 5.26 Å². The Labute approximate surface area is 111 Å². The largest absolute Gasteiger partial charge is 0.323 e. The average molecular weight is 258 g/mol. The smallest absolute Gasteiger partial charge is 0.247 e. The second-order valence-electron chi connectivity index (χ2n) is 4.75. The molecule has 1 aliphatic carbocycles. The second kappa shape index (κ2) is 5.23. The number of hydrogen-bond acceptors (Lipinski definition) is 2. The van der Waals surface area contributed by atoms with Crippen LogP contribution in [0.15, 0.2) is 30.3 Å². The van der Waals surface area contributed by atoms with Crippen molar-refractivity contribution >= 4 is 12.0 Å². The quantitative estimate of drug-likeness (QED) is 0.782. The van der Waals surface area contributed by atoms with Gasteiger partial charge in [0.25, 0.3) is 0 Å². The number of carbonyl (C=O) groups is 1. The van der Waals surface area contributed by atoms with E-state index in [4.69, 9.17) is 5.26 Å². The zero-order valence-corrected chi connectivity index (χ0v) is 10.8. The van der Waals surface area contributed by atoms with Crippen LogP contribution in [0.3, 0.4) is 0 Å². The van der Waals surface area contributed by atoms with Crippen molar-refractivity contribution in [3.05, 3.63) is 41.7 Å². The van der Waals surface area contributed by atoms with Crippen molar-refractivity contribution in [3.8, 4) is 6.07 Å². The molecular formula is C15H15FN2O. The standard InChI is InChI=1S/C15H15FN2O/c1-18(15(11-17)9-4-10-15)14(19)8-7-12-5-2-3-6-13(12)16/h2-3,5-8H,4,9-10H2,1H3. The monoisotopic (exact) mass is 258 g/mol. The summed E-state index contributed by atoms with van der Waals surface area (Å²) >= 11 is 0. The maximum atomic E-state index is 13.4. The van der Waals surface area contributed by atoms with Crippen LogP contribution in [-0.4, -0.2) is 23.4 Å². The van der Waals surface area contributed by atoms with E-state index in [2.05, 4.69) is 6.07 Å². The number of hydrogen-bond donors (Lipinski definition) is 0. The number of halogens is 1. The van der Waals surface area contributed by atoms with E-state index in [1.165, 1.54) is 23.1 Å². The van der Waals surface area contributed by atoms with Gasteiger partial charge in [0.1, 0.15) is 11.4 Å². The highest BCUT2D eigenvalue weighted by atomic mass is 19.1. The lowest BCUT2D eigenvalue weighted by Crippen LogP contribution is -2.52. The summed E-state index contributed by atoms with van der Waals surface area (Å²) in [6.07, 6.45) is 5.13. The van der Waals surface area contributed by atoms with Gasteiger partial charge >= 0.3 is 0 Å². The fourth-order valence-corrected chi connectivity index (χ4v) is 2.13. The molecule has 1 saturated carbocycles. The van der Waals surface area contributed by atoms with Crippen LogP contribution >= 0.6 is 0 Å². The number of nitriles is 1. The molecule has 3 nitrogen and oxygen atoms in total.